The fraction of sp³-hybridized carbons (Fsp3) is 0.714. The molecule has 0 bridgehead atoms. The predicted molar refractivity (Wildman–Crippen MR) is 75.1 cm³/mol. The molecule has 4 heteroatoms. The number of hydrogen-bond acceptors (Lipinski definition) is 4. The van der Waals surface area contributed by atoms with E-state index in [1.165, 1.54) is 17.7 Å². The molecular formula is C14H23NO2S. The molecule has 1 aromatic heterocycles. The molecule has 0 radical (unpaired) electrons. The van der Waals surface area contributed by atoms with Crippen molar-refractivity contribution in [1.82, 2.24) is 5.32 Å². The molecule has 1 atom stereocenters. The summed E-state index contributed by atoms with van der Waals surface area (Å²) in [5.41, 5.74) is 0. The molecule has 1 fully saturated rings. The SMILES string of the molecule is COCCOCCCNC(c1cccs1)C1CC1. The summed E-state index contributed by atoms with van der Waals surface area (Å²) in [6, 6.07) is 4.96. The number of rotatable bonds is 10. The van der Waals surface area contributed by atoms with Crippen molar-refractivity contribution in [3.8, 4) is 0 Å². The molecule has 0 aliphatic heterocycles. The number of thiophene rings is 1. The minimum atomic E-state index is 0.573. The van der Waals surface area contributed by atoms with E-state index >= 15 is 0 Å². The second-order valence-corrected chi connectivity index (χ2v) is 5.72. The van der Waals surface area contributed by atoms with E-state index in [2.05, 4.69) is 22.8 Å². The summed E-state index contributed by atoms with van der Waals surface area (Å²) in [5.74, 6) is 0.859. The summed E-state index contributed by atoms with van der Waals surface area (Å²) in [5, 5.41) is 5.84. The first kappa shape index (κ1) is 14.0. The third-order valence-electron chi connectivity index (χ3n) is 3.20. The third kappa shape index (κ3) is 4.69. The normalized spacial score (nSPS) is 16.9. The van der Waals surface area contributed by atoms with Crippen LogP contribution in [-0.2, 0) is 9.47 Å². The maximum Gasteiger partial charge on any atom is 0.0700 e. The van der Waals surface area contributed by atoms with Crippen LogP contribution in [0.3, 0.4) is 0 Å². The van der Waals surface area contributed by atoms with Gasteiger partial charge in [-0.3, -0.25) is 0 Å². The first-order chi connectivity index (χ1) is 8.92. The lowest BCUT2D eigenvalue weighted by atomic mass is 10.1. The van der Waals surface area contributed by atoms with Gasteiger partial charge in [0.1, 0.15) is 0 Å². The van der Waals surface area contributed by atoms with Gasteiger partial charge in [-0.2, -0.15) is 0 Å². The van der Waals surface area contributed by atoms with Crippen LogP contribution in [0, 0.1) is 5.92 Å². The van der Waals surface area contributed by atoms with E-state index in [0.29, 0.717) is 19.3 Å². The van der Waals surface area contributed by atoms with Gasteiger partial charge >= 0.3 is 0 Å². The largest absolute Gasteiger partial charge is 0.382 e. The second kappa shape index (κ2) is 7.89. The third-order valence-corrected chi connectivity index (χ3v) is 4.16. The van der Waals surface area contributed by atoms with Crippen LogP contribution in [0.4, 0.5) is 0 Å². The molecule has 2 rings (SSSR count). The van der Waals surface area contributed by atoms with Crippen molar-refractivity contribution in [1.29, 1.82) is 0 Å². The average Bonchev–Trinajstić information content (AvgIpc) is 3.07. The van der Waals surface area contributed by atoms with Crippen molar-refractivity contribution in [3.63, 3.8) is 0 Å². The molecule has 1 heterocycles. The van der Waals surface area contributed by atoms with Gasteiger partial charge in [0, 0.05) is 24.6 Å². The Morgan fingerprint density at radius 2 is 2.28 bits per heavy atom. The quantitative estimate of drug-likeness (QED) is 0.663. The molecule has 1 aliphatic carbocycles. The minimum absolute atomic E-state index is 0.573. The van der Waals surface area contributed by atoms with Crippen molar-refractivity contribution in [2.45, 2.75) is 25.3 Å². The van der Waals surface area contributed by atoms with E-state index in [0.717, 1.165) is 25.5 Å². The molecule has 18 heavy (non-hydrogen) atoms. The van der Waals surface area contributed by atoms with Gasteiger partial charge in [0.25, 0.3) is 0 Å². The van der Waals surface area contributed by atoms with Crippen molar-refractivity contribution in [3.05, 3.63) is 22.4 Å². The zero-order chi connectivity index (χ0) is 12.6. The summed E-state index contributed by atoms with van der Waals surface area (Å²) < 4.78 is 10.4. The molecule has 1 aliphatic rings. The van der Waals surface area contributed by atoms with Gasteiger partial charge in [-0.05, 0) is 43.2 Å². The molecule has 102 valence electrons. The van der Waals surface area contributed by atoms with Crippen LogP contribution in [0.1, 0.15) is 30.2 Å². The van der Waals surface area contributed by atoms with E-state index in [1.807, 2.05) is 11.3 Å². The summed E-state index contributed by atoms with van der Waals surface area (Å²) in [6.07, 6.45) is 3.82. The van der Waals surface area contributed by atoms with E-state index < -0.39 is 0 Å². The summed E-state index contributed by atoms with van der Waals surface area (Å²) in [7, 11) is 1.70. The molecule has 1 saturated carbocycles. The molecule has 0 amide bonds. The molecule has 1 aromatic rings. The van der Waals surface area contributed by atoms with E-state index in [-0.39, 0.29) is 0 Å². The smallest absolute Gasteiger partial charge is 0.0700 e. The van der Waals surface area contributed by atoms with Crippen LogP contribution < -0.4 is 5.32 Å². The highest BCUT2D eigenvalue weighted by molar-refractivity contribution is 7.10. The number of nitrogens with one attached hydrogen (secondary N) is 1. The lowest BCUT2D eigenvalue weighted by Gasteiger charge is -2.16. The van der Waals surface area contributed by atoms with Gasteiger partial charge in [-0.15, -0.1) is 11.3 Å². The van der Waals surface area contributed by atoms with Crippen molar-refractivity contribution in [2.75, 3.05) is 33.5 Å². The Morgan fingerprint density at radius 3 is 2.94 bits per heavy atom. The number of hydrogen-bond donors (Lipinski definition) is 1. The molecule has 0 saturated heterocycles. The Kier molecular flexibility index (Phi) is 6.14. The van der Waals surface area contributed by atoms with Gasteiger partial charge in [-0.25, -0.2) is 0 Å². The van der Waals surface area contributed by atoms with Gasteiger partial charge in [0.15, 0.2) is 0 Å². The highest BCUT2D eigenvalue weighted by atomic mass is 32.1. The van der Waals surface area contributed by atoms with Crippen LogP contribution in [0.5, 0.6) is 0 Å². The molecule has 1 unspecified atom stereocenters. The highest BCUT2D eigenvalue weighted by Crippen LogP contribution is 2.42. The van der Waals surface area contributed by atoms with Gasteiger partial charge < -0.3 is 14.8 Å². The molecule has 3 nitrogen and oxygen atoms in total. The molecule has 1 N–H and O–H groups in total. The van der Waals surface area contributed by atoms with Gasteiger partial charge in [0.05, 0.1) is 13.2 Å². The predicted octanol–water partition coefficient (Wildman–Crippen LogP) is 2.84. The zero-order valence-electron chi connectivity index (χ0n) is 11.1. The van der Waals surface area contributed by atoms with Crippen molar-refractivity contribution >= 4 is 11.3 Å². The van der Waals surface area contributed by atoms with E-state index in [4.69, 9.17) is 9.47 Å². The van der Waals surface area contributed by atoms with E-state index in [9.17, 15) is 0 Å². The molecular weight excluding hydrogens is 246 g/mol. The molecule has 0 spiro atoms. The Bertz CT molecular complexity index is 312. The lowest BCUT2D eigenvalue weighted by molar-refractivity contribution is 0.0692. The Morgan fingerprint density at radius 1 is 1.39 bits per heavy atom. The topological polar surface area (TPSA) is 30.5 Å². The fourth-order valence-electron chi connectivity index (χ4n) is 2.07. The first-order valence-corrected chi connectivity index (χ1v) is 7.63. The van der Waals surface area contributed by atoms with Gasteiger partial charge in [0.2, 0.25) is 0 Å². The Balaban J connectivity index is 1.59. The summed E-state index contributed by atoms with van der Waals surface area (Å²) in [4.78, 5) is 1.48. The average molecular weight is 269 g/mol. The standard InChI is InChI=1S/C14H23NO2S/c1-16-9-10-17-8-3-7-15-14(12-5-6-12)13-4-2-11-18-13/h2,4,11-12,14-15H,3,5-10H2,1H3. The second-order valence-electron chi connectivity index (χ2n) is 4.74. The van der Waals surface area contributed by atoms with Crippen molar-refractivity contribution in [2.24, 2.45) is 5.92 Å². The maximum absolute atomic E-state index is 5.46. The van der Waals surface area contributed by atoms with Crippen LogP contribution in [-0.4, -0.2) is 33.5 Å². The van der Waals surface area contributed by atoms with Gasteiger partial charge in [-0.1, -0.05) is 6.07 Å². The van der Waals surface area contributed by atoms with Crippen LogP contribution in [0.15, 0.2) is 17.5 Å². The number of ether oxygens (including phenoxy) is 2. The Hall–Kier alpha value is -0.420. The zero-order valence-corrected chi connectivity index (χ0v) is 11.9. The van der Waals surface area contributed by atoms with Crippen LogP contribution in [0.25, 0.3) is 0 Å². The van der Waals surface area contributed by atoms with E-state index in [1.54, 1.807) is 7.11 Å². The molecule has 0 aromatic carbocycles. The van der Waals surface area contributed by atoms with Crippen molar-refractivity contribution < 1.29 is 9.47 Å². The summed E-state index contributed by atoms with van der Waals surface area (Å²) >= 11 is 1.86. The lowest BCUT2D eigenvalue weighted by Crippen LogP contribution is -2.24. The van der Waals surface area contributed by atoms with Crippen LogP contribution in [0.2, 0.25) is 0 Å². The first-order valence-electron chi connectivity index (χ1n) is 6.75. The Labute approximate surface area is 113 Å². The van der Waals surface area contributed by atoms with Crippen LogP contribution >= 0.6 is 11.3 Å². The fourth-order valence-corrected chi connectivity index (χ4v) is 2.97. The monoisotopic (exact) mass is 269 g/mol. The maximum atomic E-state index is 5.46. The minimum Gasteiger partial charge on any atom is -0.382 e. The highest BCUT2D eigenvalue weighted by Gasteiger charge is 2.32. The number of methoxy groups -OCH3 is 1. The summed E-state index contributed by atoms with van der Waals surface area (Å²) in [6.45, 7) is 3.24.